The summed E-state index contributed by atoms with van der Waals surface area (Å²) in [7, 11) is 0. The van der Waals surface area contributed by atoms with Gasteiger partial charge in [-0.1, -0.05) is 0 Å². The van der Waals surface area contributed by atoms with E-state index in [1.54, 1.807) is 0 Å². The summed E-state index contributed by atoms with van der Waals surface area (Å²) in [5.41, 5.74) is -3.15. The Morgan fingerprint density at radius 2 is 1.89 bits per heavy atom. The molecular weight excluding hydrogens is 159 g/mol. The average Bonchev–Trinajstić information content (AvgIpc) is 1.86. The Labute approximate surface area is 54.8 Å². The van der Waals surface area contributed by atoms with E-state index < -0.39 is 24.6 Å². The largest absolute Gasteiger partial charge is 0.275 e. The standard InChI is InChI=1S/C4H5ClF4/c5-1-4(9,2-6)3(7)8/h3H,1-2H2. The number of alkyl halides is 5. The normalized spacial score (nSPS) is 18.0. The van der Waals surface area contributed by atoms with Crippen molar-refractivity contribution in [1.29, 1.82) is 0 Å². The van der Waals surface area contributed by atoms with Gasteiger partial charge in [0.15, 0.2) is 0 Å². The van der Waals surface area contributed by atoms with E-state index in [0.717, 1.165) is 0 Å². The van der Waals surface area contributed by atoms with Gasteiger partial charge in [0, 0.05) is 0 Å². The summed E-state index contributed by atoms with van der Waals surface area (Å²) in [4.78, 5) is 0. The highest BCUT2D eigenvalue weighted by Gasteiger charge is 2.39. The highest BCUT2D eigenvalue weighted by Crippen LogP contribution is 2.22. The molecule has 0 saturated heterocycles. The average molecular weight is 165 g/mol. The van der Waals surface area contributed by atoms with E-state index in [9.17, 15) is 17.6 Å². The Morgan fingerprint density at radius 3 is 1.89 bits per heavy atom. The maximum absolute atomic E-state index is 12.1. The molecular formula is C4H5ClF4. The van der Waals surface area contributed by atoms with Gasteiger partial charge in [-0.15, -0.1) is 11.6 Å². The molecule has 0 bridgehead atoms. The van der Waals surface area contributed by atoms with Crippen LogP contribution >= 0.6 is 11.6 Å². The molecule has 0 nitrogen and oxygen atoms in total. The molecule has 56 valence electrons. The highest BCUT2D eigenvalue weighted by molar-refractivity contribution is 6.18. The van der Waals surface area contributed by atoms with Crippen molar-refractivity contribution >= 4 is 11.6 Å². The fourth-order valence-electron chi connectivity index (χ4n) is 0.152. The van der Waals surface area contributed by atoms with Crippen LogP contribution in [0.5, 0.6) is 0 Å². The molecule has 0 aromatic rings. The molecule has 0 aliphatic carbocycles. The van der Waals surface area contributed by atoms with Gasteiger partial charge in [-0.25, -0.2) is 17.6 Å². The van der Waals surface area contributed by atoms with Gasteiger partial charge < -0.3 is 0 Å². The van der Waals surface area contributed by atoms with E-state index in [1.165, 1.54) is 0 Å². The van der Waals surface area contributed by atoms with E-state index in [1.807, 2.05) is 0 Å². The molecule has 0 rings (SSSR count). The summed E-state index contributed by atoms with van der Waals surface area (Å²) in [6, 6.07) is 0. The number of hydrogen-bond donors (Lipinski definition) is 0. The molecule has 0 aliphatic rings. The van der Waals surface area contributed by atoms with Crippen LogP contribution in [0.15, 0.2) is 0 Å². The zero-order valence-electron chi connectivity index (χ0n) is 4.38. The lowest BCUT2D eigenvalue weighted by Crippen LogP contribution is -2.36. The van der Waals surface area contributed by atoms with Gasteiger partial charge >= 0.3 is 0 Å². The second kappa shape index (κ2) is 3.25. The molecule has 0 N–H and O–H groups in total. The monoisotopic (exact) mass is 164 g/mol. The fourth-order valence-corrected chi connectivity index (χ4v) is 0.340. The molecule has 0 fully saturated rings. The van der Waals surface area contributed by atoms with Crippen molar-refractivity contribution in [3.63, 3.8) is 0 Å². The van der Waals surface area contributed by atoms with Gasteiger partial charge in [0.25, 0.3) is 6.43 Å². The number of hydrogen-bond acceptors (Lipinski definition) is 0. The molecule has 0 radical (unpaired) electrons. The predicted molar refractivity (Wildman–Crippen MR) is 26.5 cm³/mol. The zero-order valence-corrected chi connectivity index (χ0v) is 5.14. The molecule has 0 aromatic heterocycles. The zero-order chi connectivity index (χ0) is 7.49. The highest BCUT2D eigenvalue weighted by atomic mass is 35.5. The molecule has 0 aliphatic heterocycles. The lowest BCUT2D eigenvalue weighted by atomic mass is 10.2. The summed E-state index contributed by atoms with van der Waals surface area (Å²) in [6.07, 6.45) is -3.35. The van der Waals surface area contributed by atoms with E-state index in [2.05, 4.69) is 0 Å². The lowest BCUT2D eigenvalue weighted by Gasteiger charge is -2.16. The van der Waals surface area contributed by atoms with Crippen LogP contribution in [0.25, 0.3) is 0 Å². The van der Waals surface area contributed by atoms with Crippen LogP contribution in [0, 0.1) is 0 Å². The van der Waals surface area contributed by atoms with Crippen LogP contribution in [0.3, 0.4) is 0 Å². The van der Waals surface area contributed by atoms with Crippen LogP contribution in [0.2, 0.25) is 0 Å². The Bertz CT molecular complexity index is 80.6. The minimum Gasteiger partial charge on any atom is -0.247 e. The quantitative estimate of drug-likeness (QED) is 0.443. The summed E-state index contributed by atoms with van der Waals surface area (Å²) >= 11 is 4.71. The molecule has 1 unspecified atom stereocenters. The van der Waals surface area contributed by atoms with E-state index in [0.29, 0.717) is 0 Å². The number of halogens is 5. The summed E-state index contributed by atoms with van der Waals surface area (Å²) in [5, 5.41) is 0. The minimum atomic E-state index is -3.35. The third kappa shape index (κ3) is 2.01. The molecule has 1 atom stereocenters. The molecule has 5 heteroatoms. The first kappa shape index (κ1) is 9.01. The summed E-state index contributed by atoms with van der Waals surface area (Å²) in [6.45, 7) is -1.74. The van der Waals surface area contributed by atoms with Crippen molar-refractivity contribution in [2.45, 2.75) is 12.1 Å². The second-order valence-electron chi connectivity index (χ2n) is 1.60. The van der Waals surface area contributed by atoms with Crippen molar-refractivity contribution in [3.8, 4) is 0 Å². The first-order valence-electron chi connectivity index (χ1n) is 2.16. The Kier molecular flexibility index (Phi) is 3.25. The Hall–Kier alpha value is 0.01000. The smallest absolute Gasteiger partial charge is 0.247 e. The lowest BCUT2D eigenvalue weighted by molar-refractivity contribution is -0.0335. The Balaban J connectivity index is 3.92. The topological polar surface area (TPSA) is 0 Å². The van der Waals surface area contributed by atoms with E-state index in [4.69, 9.17) is 11.6 Å². The maximum Gasteiger partial charge on any atom is 0.275 e. The molecule has 0 spiro atoms. The van der Waals surface area contributed by atoms with Gasteiger partial charge in [-0.2, -0.15) is 0 Å². The van der Waals surface area contributed by atoms with Gasteiger partial charge in [-0.05, 0) is 0 Å². The fraction of sp³-hybridized carbons (Fsp3) is 1.00. The van der Waals surface area contributed by atoms with Crippen LogP contribution in [-0.4, -0.2) is 24.6 Å². The third-order valence-electron chi connectivity index (χ3n) is 0.835. The van der Waals surface area contributed by atoms with Gasteiger partial charge in [0.05, 0.1) is 5.88 Å². The first-order valence-corrected chi connectivity index (χ1v) is 2.69. The van der Waals surface area contributed by atoms with Crippen LogP contribution in [0.1, 0.15) is 0 Å². The number of rotatable bonds is 3. The van der Waals surface area contributed by atoms with Gasteiger partial charge in [0.2, 0.25) is 5.67 Å². The van der Waals surface area contributed by atoms with Crippen molar-refractivity contribution < 1.29 is 17.6 Å². The van der Waals surface area contributed by atoms with Crippen LogP contribution in [-0.2, 0) is 0 Å². The predicted octanol–water partition coefficient (Wildman–Crippen LogP) is 2.17. The van der Waals surface area contributed by atoms with Crippen molar-refractivity contribution in [1.82, 2.24) is 0 Å². The van der Waals surface area contributed by atoms with Crippen LogP contribution < -0.4 is 0 Å². The van der Waals surface area contributed by atoms with Crippen molar-refractivity contribution in [3.05, 3.63) is 0 Å². The van der Waals surface area contributed by atoms with Gasteiger partial charge in [0.1, 0.15) is 6.67 Å². The second-order valence-corrected chi connectivity index (χ2v) is 1.87. The van der Waals surface area contributed by atoms with E-state index in [-0.39, 0.29) is 0 Å². The first-order chi connectivity index (χ1) is 4.06. The molecule has 0 aromatic carbocycles. The van der Waals surface area contributed by atoms with E-state index >= 15 is 0 Å². The summed E-state index contributed by atoms with van der Waals surface area (Å²) in [5.74, 6) is -1.01. The molecule has 0 heterocycles. The minimum absolute atomic E-state index is 1.01. The summed E-state index contributed by atoms with van der Waals surface area (Å²) < 4.78 is 46.2. The van der Waals surface area contributed by atoms with Crippen molar-refractivity contribution in [2.75, 3.05) is 12.6 Å². The van der Waals surface area contributed by atoms with Crippen LogP contribution in [0.4, 0.5) is 17.6 Å². The van der Waals surface area contributed by atoms with Gasteiger partial charge in [-0.3, -0.25) is 0 Å². The molecule has 0 amide bonds. The third-order valence-corrected chi connectivity index (χ3v) is 1.28. The SMILES string of the molecule is FCC(F)(CCl)C(F)F. The van der Waals surface area contributed by atoms with Crippen molar-refractivity contribution in [2.24, 2.45) is 0 Å². The molecule has 0 saturated carbocycles. The molecule has 9 heavy (non-hydrogen) atoms. The Morgan fingerprint density at radius 1 is 1.44 bits per heavy atom. The maximum atomic E-state index is 12.1.